The van der Waals surface area contributed by atoms with Gasteiger partial charge in [-0.1, -0.05) is 55.8 Å². The Morgan fingerprint density at radius 2 is 1.67 bits per heavy atom. The van der Waals surface area contributed by atoms with E-state index in [1.54, 1.807) is 0 Å². The van der Waals surface area contributed by atoms with Crippen molar-refractivity contribution in [3.05, 3.63) is 64.7 Å². The number of aryl methyl sites for hydroxylation is 1. The Bertz CT molecular complexity index is 619. The van der Waals surface area contributed by atoms with Crippen LogP contribution in [0.15, 0.2) is 48.5 Å². The van der Waals surface area contributed by atoms with Gasteiger partial charge < -0.3 is 5.32 Å². The van der Waals surface area contributed by atoms with E-state index in [0.29, 0.717) is 5.02 Å². The molecular formula is C18H20ClNO. The molecule has 0 spiro atoms. The van der Waals surface area contributed by atoms with Crippen LogP contribution >= 0.6 is 11.6 Å². The number of para-hydroxylation sites is 1. The summed E-state index contributed by atoms with van der Waals surface area (Å²) in [6, 6.07) is 15.3. The molecule has 0 heterocycles. The van der Waals surface area contributed by atoms with Crippen LogP contribution in [0, 0.1) is 12.8 Å². The zero-order chi connectivity index (χ0) is 15.4. The van der Waals surface area contributed by atoms with Gasteiger partial charge in [0.15, 0.2) is 0 Å². The number of carbonyl (C=O) groups is 1. The molecule has 0 aliphatic heterocycles. The molecule has 1 atom stereocenters. The number of rotatable bonds is 4. The molecular weight excluding hydrogens is 282 g/mol. The highest BCUT2D eigenvalue weighted by atomic mass is 35.5. The minimum atomic E-state index is -0.193. The van der Waals surface area contributed by atoms with Crippen molar-refractivity contribution in [3.63, 3.8) is 0 Å². The van der Waals surface area contributed by atoms with Gasteiger partial charge in [0.1, 0.15) is 0 Å². The molecule has 0 unspecified atom stereocenters. The fourth-order valence-electron chi connectivity index (χ4n) is 2.43. The highest BCUT2D eigenvalue weighted by Gasteiger charge is 2.24. The van der Waals surface area contributed by atoms with E-state index in [2.05, 4.69) is 19.2 Å². The van der Waals surface area contributed by atoms with Crippen LogP contribution in [0.3, 0.4) is 0 Å². The minimum Gasteiger partial charge on any atom is -0.325 e. The van der Waals surface area contributed by atoms with E-state index in [4.69, 9.17) is 11.6 Å². The Kier molecular flexibility index (Phi) is 5.03. The maximum atomic E-state index is 12.6. The second-order valence-corrected chi connectivity index (χ2v) is 6.01. The van der Waals surface area contributed by atoms with Gasteiger partial charge in [0, 0.05) is 10.7 Å². The first-order valence-corrected chi connectivity index (χ1v) is 7.49. The first-order chi connectivity index (χ1) is 9.99. The first-order valence-electron chi connectivity index (χ1n) is 7.11. The van der Waals surface area contributed by atoms with E-state index < -0.39 is 0 Å². The molecule has 1 amide bonds. The van der Waals surface area contributed by atoms with Gasteiger partial charge in [-0.15, -0.1) is 0 Å². The second-order valence-electron chi connectivity index (χ2n) is 5.58. The lowest BCUT2D eigenvalue weighted by Gasteiger charge is -2.21. The largest absolute Gasteiger partial charge is 0.325 e. The summed E-state index contributed by atoms with van der Waals surface area (Å²) in [5.74, 6) is 0.0266. The zero-order valence-electron chi connectivity index (χ0n) is 12.6. The van der Waals surface area contributed by atoms with Crippen LogP contribution in [0.2, 0.25) is 5.02 Å². The Morgan fingerprint density at radius 1 is 1.05 bits per heavy atom. The topological polar surface area (TPSA) is 29.1 Å². The zero-order valence-corrected chi connectivity index (χ0v) is 13.3. The van der Waals surface area contributed by atoms with Crippen LogP contribution in [0.25, 0.3) is 0 Å². The van der Waals surface area contributed by atoms with Gasteiger partial charge in [0.2, 0.25) is 5.91 Å². The molecule has 2 rings (SSSR count). The van der Waals surface area contributed by atoms with Crippen LogP contribution in [0.1, 0.15) is 30.9 Å². The summed E-state index contributed by atoms with van der Waals surface area (Å²) in [6.45, 7) is 6.09. The summed E-state index contributed by atoms with van der Waals surface area (Å²) in [6.07, 6.45) is 0. The summed E-state index contributed by atoms with van der Waals surface area (Å²) in [7, 11) is 0. The van der Waals surface area contributed by atoms with Crippen LogP contribution in [0.4, 0.5) is 5.69 Å². The average molecular weight is 302 g/mol. The molecule has 110 valence electrons. The van der Waals surface area contributed by atoms with Crippen molar-refractivity contribution >= 4 is 23.2 Å². The number of carbonyl (C=O) groups excluding carboxylic acids is 1. The number of hydrogen-bond acceptors (Lipinski definition) is 1. The van der Waals surface area contributed by atoms with Gasteiger partial charge in [-0.2, -0.15) is 0 Å². The van der Waals surface area contributed by atoms with Gasteiger partial charge in [0.25, 0.3) is 0 Å². The molecule has 0 aliphatic rings. The third kappa shape index (κ3) is 3.85. The van der Waals surface area contributed by atoms with Crippen molar-refractivity contribution in [1.82, 2.24) is 0 Å². The highest BCUT2D eigenvalue weighted by Crippen LogP contribution is 2.27. The van der Waals surface area contributed by atoms with Crippen LogP contribution < -0.4 is 5.32 Å². The van der Waals surface area contributed by atoms with E-state index in [0.717, 1.165) is 16.8 Å². The van der Waals surface area contributed by atoms with Crippen molar-refractivity contribution in [3.8, 4) is 0 Å². The summed E-state index contributed by atoms with van der Waals surface area (Å²) >= 11 is 5.93. The number of hydrogen-bond donors (Lipinski definition) is 1. The molecule has 0 aromatic heterocycles. The normalized spacial score (nSPS) is 12.2. The molecule has 21 heavy (non-hydrogen) atoms. The molecule has 0 fully saturated rings. The molecule has 0 saturated carbocycles. The molecule has 0 bridgehead atoms. The summed E-state index contributed by atoms with van der Waals surface area (Å²) in [5.41, 5.74) is 2.91. The van der Waals surface area contributed by atoms with E-state index in [9.17, 15) is 4.79 Å². The Balaban J connectivity index is 2.24. The molecule has 2 aromatic rings. The lowest BCUT2D eigenvalue weighted by atomic mass is 9.87. The molecule has 3 heteroatoms. The Labute approximate surface area is 131 Å². The lowest BCUT2D eigenvalue weighted by molar-refractivity contribution is -0.118. The maximum absolute atomic E-state index is 12.6. The lowest BCUT2D eigenvalue weighted by Crippen LogP contribution is -2.25. The SMILES string of the molecule is Cc1ccccc1NC(=O)[C@H](c1ccc(Cl)cc1)C(C)C. The smallest absolute Gasteiger partial charge is 0.232 e. The van der Waals surface area contributed by atoms with Crippen LogP contribution in [0.5, 0.6) is 0 Å². The summed E-state index contributed by atoms with van der Waals surface area (Å²) in [4.78, 5) is 12.6. The van der Waals surface area contributed by atoms with Crippen molar-refractivity contribution in [2.24, 2.45) is 5.92 Å². The third-order valence-corrected chi connectivity index (χ3v) is 3.83. The van der Waals surface area contributed by atoms with Crippen LogP contribution in [-0.2, 0) is 4.79 Å². The predicted octanol–water partition coefficient (Wildman–Crippen LogP) is 5.03. The molecule has 2 nitrogen and oxygen atoms in total. The second kappa shape index (κ2) is 6.77. The number of halogens is 1. The van der Waals surface area contributed by atoms with E-state index >= 15 is 0 Å². The van der Waals surface area contributed by atoms with Gasteiger partial charge in [-0.3, -0.25) is 4.79 Å². The van der Waals surface area contributed by atoms with Crippen molar-refractivity contribution in [1.29, 1.82) is 0 Å². The minimum absolute atomic E-state index is 0.0154. The average Bonchev–Trinajstić information content (AvgIpc) is 2.43. The predicted molar refractivity (Wildman–Crippen MR) is 88.8 cm³/mol. The summed E-state index contributed by atoms with van der Waals surface area (Å²) < 4.78 is 0. The molecule has 0 saturated heterocycles. The number of benzene rings is 2. The summed E-state index contributed by atoms with van der Waals surface area (Å²) in [5, 5.41) is 3.71. The molecule has 2 aromatic carbocycles. The van der Waals surface area contributed by atoms with E-state index in [-0.39, 0.29) is 17.7 Å². The number of anilines is 1. The fourth-order valence-corrected chi connectivity index (χ4v) is 2.56. The molecule has 0 radical (unpaired) electrons. The van der Waals surface area contributed by atoms with Gasteiger partial charge >= 0.3 is 0 Å². The van der Waals surface area contributed by atoms with Crippen LogP contribution in [-0.4, -0.2) is 5.91 Å². The highest BCUT2D eigenvalue weighted by molar-refractivity contribution is 6.30. The monoisotopic (exact) mass is 301 g/mol. The number of nitrogens with one attached hydrogen (secondary N) is 1. The van der Waals surface area contributed by atoms with Crippen molar-refractivity contribution in [2.45, 2.75) is 26.7 Å². The van der Waals surface area contributed by atoms with E-state index in [1.165, 1.54) is 0 Å². The Hall–Kier alpha value is -1.80. The van der Waals surface area contributed by atoms with Gasteiger partial charge in [0.05, 0.1) is 5.92 Å². The standard InChI is InChI=1S/C18H20ClNO/c1-12(2)17(14-8-10-15(19)11-9-14)18(21)20-16-7-5-4-6-13(16)3/h4-12,17H,1-3H3,(H,20,21)/t17-/m0/s1. The molecule has 1 N–H and O–H groups in total. The van der Waals surface area contributed by atoms with Gasteiger partial charge in [-0.05, 0) is 42.2 Å². The van der Waals surface area contributed by atoms with Gasteiger partial charge in [-0.25, -0.2) is 0 Å². The van der Waals surface area contributed by atoms with Crippen molar-refractivity contribution < 1.29 is 4.79 Å². The molecule has 0 aliphatic carbocycles. The van der Waals surface area contributed by atoms with E-state index in [1.807, 2.05) is 55.5 Å². The Morgan fingerprint density at radius 3 is 2.24 bits per heavy atom. The quantitative estimate of drug-likeness (QED) is 0.843. The maximum Gasteiger partial charge on any atom is 0.232 e. The number of amides is 1. The fraction of sp³-hybridized carbons (Fsp3) is 0.278. The van der Waals surface area contributed by atoms with Crippen molar-refractivity contribution in [2.75, 3.05) is 5.32 Å². The third-order valence-electron chi connectivity index (χ3n) is 3.58. The first kappa shape index (κ1) is 15.6.